The minimum atomic E-state index is -0.811. The van der Waals surface area contributed by atoms with E-state index in [1.165, 1.54) is 0 Å². The molecule has 0 aliphatic heterocycles. The Labute approximate surface area is 104 Å². The second kappa shape index (κ2) is 9.37. The lowest BCUT2D eigenvalue weighted by Crippen LogP contribution is -2.38. The fraction of sp³-hybridized carbons (Fsp3) is 0.917. The van der Waals surface area contributed by atoms with Gasteiger partial charge in [0.1, 0.15) is 5.54 Å². The lowest BCUT2D eigenvalue weighted by Gasteiger charge is -2.20. The van der Waals surface area contributed by atoms with Gasteiger partial charge in [-0.2, -0.15) is 5.26 Å². The van der Waals surface area contributed by atoms with E-state index in [0.717, 1.165) is 6.42 Å². The van der Waals surface area contributed by atoms with Gasteiger partial charge >= 0.3 is 0 Å². The highest BCUT2D eigenvalue weighted by Crippen LogP contribution is 2.10. The third kappa shape index (κ3) is 10.2. The van der Waals surface area contributed by atoms with Crippen LogP contribution >= 0.6 is 0 Å². The second-order valence-electron chi connectivity index (χ2n) is 4.37. The molecule has 0 aromatic rings. The summed E-state index contributed by atoms with van der Waals surface area (Å²) in [6, 6.07) is 2.06. The van der Waals surface area contributed by atoms with E-state index in [1.54, 1.807) is 14.0 Å². The van der Waals surface area contributed by atoms with Crippen LogP contribution in [0.3, 0.4) is 0 Å². The summed E-state index contributed by atoms with van der Waals surface area (Å²) in [5, 5.41) is 8.77. The highest BCUT2D eigenvalue weighted by atomic mass is 16.5. The van der Waals surface area contributed by atoms with Gasteiger partial charge in [0.2, 0.25) is 0 Å². The molecule has 5 heteroatoms. The molecule has 5 nitrogen and oxygen atoms in total. The summed E-state index contributed by atoms with van der Waals surface area (Å²) in [6.45, 7) is 6.14. The number of hydrogen-bond donors (Lipinski definition) is 1. The maximum Gasteiger partial charge on any atom is 0.103 e. The normalized spacial score (nSPS) is 16.2. The number of nitrogens with zero attached hydrogens (tertiary/aromatic N) is 1. The van der Waals surface area contributed by atoms with Crippen molar-refractivity contribution in [3.63, 3.8) is 0 Å². The van der Waals surface area contributed by atoms with E-state index in [0.29, 0.717) is 32.8 Å². The van der Waals surface area contributed by atoms with E-state index >= 15 is 0 Å². The van der Waals surface area contributed by atoms with Crippen molar-refractivity contribution in [3.05, 3.63) is 0 Å². The molecular formula is C12H24N2O3. The summed E-state index contributed by atoms with van der Waals surface area (Å²) in [6.07, 6.45) is 1.36. The number of rotatable bonds is 10. The van der Waals surface area contributed by atoms with Gasteiger partial charge < -0.3 is 19.9 Å². The molecule has 0 amide bonds. The lowest BCUT2D eigenvalue weighted by atomic mass is 9.98. The molecule has 2 atom stereocenters. The maximum absolute atomic E-state index is 8.77. The first kappa shape index (κ1) is 16.3. The van der Waals surface area contributed by atoms with Crippen molar-refractivity contribution in [2.45, 2.75) is 38.3 Å². The zero-order valence-corrected chi connectivity index (χ0v) is 11.1. The molecule has 0 bridgehead atoms. The molecule has 0 saturated carbocycles. The standard InChI is InChI=1S/C12H24N2O3/c1-11(9-12(2,14)10-13)17-6-4-5-16-8-7-15-3/h11H,4-9,14H2,1-3H3. The lowest BCUT2D eigenvalue weighted by molar-refractivity contribution is 0.0231. The van der Waals surface area contributed by atoms with E-state index in [1.807, 2.05) is 6.92 Å². The zero-order valence-electron chi connectivity index (χ0n) is 11.1. The maximum atomic E-state index is 8.77. The summed E-state index contributed by atoms with van der Waals surface area (Å²) in [4.78, 5) is 0. The van der Waals surface area contributed by atoms with Crippen molar-refractivity contribution in [3.8, 4) is 6.07 Å². The SMILES string of the molecule is COCCOCCCOC(C)CC(C)(N)C#N. The van der Waals surface area contributed by atoms with Gasteiger partial charge in [0.05, 0.1) is 25.4 Å². The molecular weight excluding hydrogens is 220 g/mol. The average molecular weight is 244 g/mol. The quantitative estimate of drug-likeness (QED) is 0.582. The third-order valence-electron chi connectivity index (χ3n) is 2.23. The van der Waals surface area contributed by atoms with Crippen molar-refractivity contribution in [1.29, 1.82) is 5.26 Å². The molecule has 0 aromatic heterocycles. The molecule has 0 radical (unpaired) electrons. The summed E-state index contributed by atoms with van der Waals surface area (Å²) >= 11 is 0. The summed E-state index contributed by atoms with van der Waals surface area (Å²) in [5.74, 6) is 0. The number of ether oxygens (including phenoxy) is 3. The van der Waals surface area contributed by atoms with Crippen LogP contribution in [0.1, 0.15) is 26.7 Å². The van der Waals surface area contributed by atoms with Crippen LogP contribution in [0.4, 0.5) is 0 Å². The van der Waals surface area contributed by atoms with Crippen LogP contribution in [0, 0.1) is 11.3 Å². The molecule has 2 unspecified atom stereocenters. The van der Waals surface area contributed by atoms with Gasteiger partial charge in [0.15, 0.2) is 0 Å². The first-order valence-corrected chi connectivity index (χ1v) is 5.90. The zero-order chi connectivity index (χ0) is 13.1. The fourth-order valence-electron chi connectivity index (χ4n) is 1.39. The van der Waals surface area contributed by atoms with Gasteiger partial charge in [-0.1, -0.05) is 0 Å². The molecule has 2 N–H and O–H groups in total. The van der Waals surface area contributed by atoms with Gasteiger partial charge in [0, 0.05) is 26.7 Å². The van der Waals surface area contributed by atoms with E-state index in [-0.39, 0.29) is 6.10 Å². The van der Waals surface area contributed by atoms with Crippen molar-refractivity contribution in [2.75, 3.05) is 33.5 Å². The van der Waals surface area contributed by atoms with Crippen LogP contribution in [-0.2, 0) is 14.2 Å². The number of nitriles is 1. The van der Waals surface area contributed by atoms with Crippen LogP contribution < -0.4 is 5.73 Å². The molecule has 0 fully saturated rings. The Morgan fingerprint density at radius 3 is 2.59 bits per heavy atom. The number of methoxy groups -OCH3 is 1. The molecule has 0 rings (SSSR count). The molecule has 0 aliphatic rings. The van der Waals surface area contributed by atoms with Crippen LogP contribution in [0.15, 0.2) is 0 Å². The Morgan fingerprint density at radius 2 is 2.00 bits per heavy atom. The van der Waals surface area contributed by atoms with Crippen LogP contribution in [0.5, 0.6) is 0 Å². The minimum absolute atomic E-state index is 0.0105. The van der Waals surface area contributed by atoms with Crippen molar-refractivity contribution in [2.24, 2.45) is 5.73 Å². The minimum Gasteiger partial charge on any atom is -0.382 e. The molecule has 0 heterocycles. The first-order valence-electron chi connectivity index (χ1n) is 5.90. The average Bonchev–Trinajstić information content (AvgIpc) is 2.27. The molecule has 0 spiro atoms. The molecule has 100 valence electrons. The van der Waals surface area contributed by atoms with E-state index in [2.05, 4.69) is 6.07 Å². The third-order valence-corrected chi connectivity index (χ3v) is 2.23. The number of hydrogen-bond acceptors (Lipinski definition) is 5. The highest BCUT2D eigenvalue weighted by Gasteiger charge is 2.21. The van der Waals surface area contributed by atoms with Gasteiger partial charge in [0.25, 0.3) is 0 Å². The fourth-order valence-corrected chi connectivity index (χ4v) is 1.39. The van der Waals surface area contributed by atoms with E-state index < -0.39 is 5.54 Å². The second-order valence-corrected chi connectivity index (χ2v) is 4.37. The molecule has 17 heavy (non-hydrogen) atoms. The largest absolute Gasteiger partial charge is 0.382 e. The number of nitrogens with two attached hydrogens (primary N) is 1. The van der Waals surface area contributed by atoms with Gasteiger partial charge in [-0.15, -0.1) is 0 Å². The molecule has 0 aromatic carbocycles. The Bertz CT molecular complexity index is 226. The van der Waals surface area contributed by atoms with Gasteiger partial charge in [-0.25, -0.2) is 0 Å². The van der Waals surface area contributed by atoms with Gasteiger partial charge in [-0.05, 0) is 20.3 Å². The highest BCUT2D eigenvalue weighted by molar-refractivity contribution is 5.01. The summed E-state index contributed by atoms with van der Waals surface area (Å²) < 4.78 is 15.7. The van der Waals surface area contributed by atoms with Crippen LogP contribution in [0.2, 0.25) is 0 Å². The van der Waals surface area contributed by atoms with Crippen LogP contribution in [-0.4, -0.2) is 45.2 Å². The molecule has 0 saturated heterocycles. The first-order chi connectivity index (χ1) is 8.02. The Morgan fingerprint density at radius 1 is 1.29 bits per heavy atom. The summed E-state index contributed by atoms with van der Waals surface area (Å²) in [5.41, 5.74) is 4.91. The smallest absolute Gasteiger partial charge is 0.103 e. The monoisotopic (exact) mass is 244 g/mol. The van der Waals surface area contributed by atoms with Crippen LogP contribution in [0.25, 0.3) is 0 Å². The van der Waals surface area contributed by atoms with Crippen molar-refractivity contribution >= 4 is 0 Å². The van der Waals surface area contributed by atoms with Crippen molar-refractivity contribution < 1.29 is 14.2 Å². The molecule has 0 aliphatic carbocycles. The Balaban J connectivity index is 3.40. The predicted octanol–water partition coefficient (Wildman–Crippen LogP) is 1.08. The van der Waals surface area contributed by atoms with E-state index in [9.17, 15) is 0 Å². The Kier molecular flexibility index (Phi) is 9.00. The predicted molar refractivity (Wildman–Crippen MR) is 65.5 cm³/mol. The summed E-state index contributed by atoms with van der Waals surface area (Å²) in [7, 11) is 1.65. The van der Waals surface area contributed by atoms with Gasteiger partial charge in [-0.3, -0.25) is 0 Å². The van der Waals surface area contributed by atoms with E-state index in [4.69, 9.17) is 25.2 Å². The Hall–Kier alpha value is -0.670. The van der Waals surface area contributed by atoms with Crippen molar-refractivity contribution in [1.82, 2.24) is 0 Å². The topological polar surface area (TPSA) is 77.5 Å².